The fourth-order valence-corrected chi connectivity index (χ4v) is 2.07. The summed E-state index contributed by atoms with van der Waals surface area (Å²) in [6.07, 6.45) is 1.62. The molecule has 0 aliphatic heterocycles. The minimum atomic E-state index is -0.226. The molecule has 0 spiro atoms. The molecule has 96 valence electrons. The zero-order valence-electron chi connectivity index (χ0n) is 10.3. The van der Waals surface area contributed by atoms with Gasteiger partial charge in [-0.2, -0.15) is 0 Å². The van der Waals surface area contributed by atoms with Gasteiger partial charge in [0.1, 0.15) is 9.34 Å². The lowest BCUT2D eigenvalue weighted by Gasteiger charge is -2.14. The molecular formula is C11H18ClN3OS. The van der Waals surface area contributed by atoms with Gasteiger partial charge in [-0.15, -0.1) is 11.3 Å². The van der Waals surface area contributed by atoms with Crippen molar-refractivity contribution < 1.29 is 4.79 Å². The monoisotopic (exact) mass is 275 g/mol. The summed E-state index contributed by atoms with van der Waals surface area (Å²) in [7, 11) is 0. The van der Waals surface area contributed by atoms with Crippen LogP contribution in [0.15, 0.2) is 6.20 Å². The fraction of sp³-hybridized carbons (Fsp3) is 0.636. The van der Waals surface area contributed by atoms with Crippen molar-refractivity contribution in [3.63, 3.8) is 0 Å². The second-order valence-corrected chi connectivity index (χ2v) is 6.05. The van der Waals surface area contributed by atoms with Gasteiger partial charge in [0.15, 0.2) is 0 Å². The third kappa shape index (κ3) is 5.48. The number of thiazole rings is 1. The average Bonchev–Trinajstić information content (AvgIpc) is 2.68. The molecule has 1 rings (SSSR count). The molecule has 0 bridgehead atoms. The van der Waals surface area contributed by atoms with Gasteiger partial charge in [-0.25, -0.2) is 4.98 Å². The summed E-state index contributed by atoms with van der Waals surface area (Å²) in [6, 6.07) is -0.226. The van der Waals surface area contributed by atoms with Gasteiger partial charge in [-0.05, 0) is 12.8 Å². The van der Waals surface area contributed by atoms with E-state index in [0.717, 1.165) is 5.01 Å². The number of carbonyl (C=O) groups excluding carboxylic acids is 1. The van der Waals surface area contributed by atoms with Gasteiger partial charge in [-0.1, -0.05) is 25.4 Å². The molecule has 1 heterocycles. The van der Waals surface area contributed by atoms with Crippen LogP contribution in [0.2, 0.25) is 4.34 Å². The summed E-state index contributed by atoms with van der Waals surface area (Å²) in [4.78, 5) is 15.8. The van der Waals surface area contributed by atoms with Crippen LogP contribution in [0.1, 0.15) is 25.8 Å². The Balaban J connectivity index is 2.29. The Morgan fingerprint density at radius 2 is 2.24 bits per heavy atom. The number of aromatic nitrogens is 1. The number of amides is 1. The first kappa shape index (κ1) is 14.4. The summed E-state index contributed by atoms with van der Waals surface area (Å²) in [5, 5.41) is 6.88. The lowest BCUT2D eigenvalue weighted by molar-refractivity contribution is -0.122. The van der Waals surface area contributed by atoms with Crippen molar-refractivity contribution in [3.8, 4) is 0 Å². The Morgan fingerprint density at radius 1 is 1.53 bits per heavy atom. The van der Waals surface area contributed by atoms with E-state index in [1.54, 1.807) is 6.20 Å². The summed E-state index contributed by atoms with van der Waals surface area (Å²) in [5.74, 6) is 0.477. The van der Waals surface area contributed by atoms with Gasteiger partial charge in [0.05, 0.1) is 12.2 Å². The highest BCUT2D eigenvalue weighted by atomic mass is 35.5. The summed E-state index contributed by atoms with van der Waals surface area (Å²) < 4.78 is 0.665. The number of halogens is 1. The van der Waals surface area contributed by atoms with Crippen molar-refractivity contribution in [2.24, 2.45) is 5.92 Å². The Bertz CT molecular complexity index is 367. The molecule has 1 unspecified atom stereocenters. The minimum absolute atomic E-state index is 0.0151. The second kappa shape index (κ2) is 6.93. The molecule has 2 N–H and O–H groups in total. The molecule has 0 saturated carbocycles. The fourth-order valence-electron chi connectivity index (χ4n) is 1.16. The average molecular weight is 276 g/mol. The molecule has 0 fully saturated rings. The normalized spacial score (nSPS) is 12.8. The number of hydrogen-bond donors (Lipinski definition) is 2. The Hall–Kier alpha value is -0.650. The second-order valence-electron chi connectivity index (χ2n) is 4.30. The lowest BCUT2D eigenvalue weighted by atomic mass is 10.2. The molecule has 0 aliphatic carbocycles. The zero-order valence-corrected chi connectivity index (χ0v) is 11.9. The van der Waals surface area contributed by atoms with Crippen LogP contribution in [0.5, 0.6) is 0 Å². The van der Waals surface area contributed by atoms with Crippen LogP contribution in [0.25, 0.3) is 0 Å². The standard InChI is InChI=1S/C11H18ClN3OS/c1-7(2)4-15-11(16)8(3)13-6-10-14-5-9(12)17-10/h5,7-8,13H,4,6H2,1-3H3,(H,15,16). The van der Waals surface area contributed by atoms with E-state index in [2.05, 4.69) is 29.5 Å². The number of rotatable bonds is 6. The SMILES string of the molecule is CC(C)CNC(=O)C(C)NCc1ncc(Cl)s1. The van der Waals surface area contributed by atoms with Gasteiger partial charge in [-0.3, -0.25) is 10.1 Å². The summed E-state index contributed by atoms with van der Waals surface area (Å²) >= 11 is 7.19. The van der Waals surface area contributed by atoms with E-state index in [9.17, 15) is 4.79 Å². The molecule has 1 aromatic rings. The zero-order chi connectivity index (χ0) is 12.8. The maximum absolute atomic E-state index is 11.7. The van der Waals surface area contributed by atoms with E-state index in [1.165, 1.54) is 11.3 Å². The predicted octanol–water partition coefficient (Wildman–Crippen LogP) is 2.05. The molecule has 0 aliphatic rings. The number of nitrogens with zero attached hydrogens (tertiary/aromatic N) is 1. The van der Waals surface area contributed by atoms with Gasteiger partial charge in [0.25, 0.3) is 0 Å². The van der Waals surface area contributed by atoms with Gasteiger partial charge in [0, 0.05) is 13.1 Å². The van der Waals surface area contributed by atoms with Crippen molar-refractivity contribution in [2.45, 2.75) is 33.4 Å². The van der Waals surface area contributed by atoms with E-state index in [0.29, 0.717) is 23.3 Å². The highest BCUT2D eigenvalue weighted by molar-refractivity contribution is 7.15. The number of hydrogen-bond acceptors (Lipinski definition) is 4. The number of carbonyl (C=O) groups is 1. The lowest BCUT2D eigenvalue weighted by Crippen LogP contribution is -2.42. The van der Waals surface area contributed by atoms with Crippen LogP contribution in [-0.4, -0.2) is 23.5 Å². The molecule has 0 radical (unpaired) electrons. The van der Waals surface area contributed by atoms with E-state index in [4.69, 9.17) is 11.6 Å². The van der Waals surface area contributed by atoms with Crippen LogP contribution in [0, 0.1) is 5.92 Å². The van der Waals surface area contributed by atoms with Crippen molar-refractivity contribution in [1.29, 1.82) is 0 Å². The van der Waals surface area contributed by atoms with Crippen LogP contribution in [0.4, 0.5) is 0 Å². The van der Waals surface area contributed by atoms with Crippen LogP contribution in [0.3, 0.4) is 0 Å². The highest BCUT2D eigenvalue weighted by Crippen LogP contribution is 2.17. The van der Waals surface area contributed by atoms with Crippen LogP contribution >= 0.6 is 22.9 Å². The molecular weight excluding hydrogens is 258 g/mol. The molecule has 1 amide bonds. The van der Waals surface area contributed by atoms with E-state index < -0.39 is 0 Å². The topological polar surface area (TPSA) is 54.0 Å². The molecule has 0 aromatic carbocycles. The third-order valence-corrected chi connectivity index (χ3v) is 3.28. The first-order valence-electron chi connectivity index (χ1n) is 5.60. The maximum Gasteiger partial charge on any atom is 0.236 e. The van der Waals surface area contributed by atoms with E-state index >= 15 is 0 Å². The van der Waals surface area contributed by atoms with E-state index in [-0.39, 0.29) is 11.9 Å². The van der Waals surface area contributed by atoms with Gasteiger partial charge >= 0.3 is 0 Å². The molecule has 1 atom stereocenters. The quantitative estimate of drug-likeness (QED) is 0.835. The summed E-state index contributed by atoms with van der Waals surface area (Å²) in [6.45, 7) is 7.23. The van der Waals surface area contributed by atoms with Crippen LogP contribution in [-0.2, 0) is 11.3 Å². The Labute approximate surface area is 111 Å². The van der Waals surface area contributed by atoms with Crippen molar-refractivity contribution in [3.05, 3.63) is 15.5 Å². The molecule has 6 heteroatoms. The number of nitrogens with one attached hydrogen (secondary N) is 2. The first-order chi connectivity index (χ1) is 7.99. The smallest absolute Gasteiger partial charge is 0.236 e. The van der Waals surface area contributed by atoms with Crippen molar-refractivity contribution in [1.82, 2.24) is 15.6 Å². The minimum Gasteiger partial charge on any atom is -0.354 e. The third-order valence-electron chi connectivity index (χ3n) is 2.16. The largest absolute Gasteiger partial charge is 0.354 e. The molecule has 0 saturated heterocycles. The molecule has 17 heavy (non-hydrogen) atoms. The van der Waals surface area contributed by atoms with Crippen LogP contribution < -0.4 is 10.6 Å². The highest BCUT2D eigenvalue weighted by Gasteiger charge is 2.12. The molecule has 4 nitrogen and oxygen atoms in total. The van der Waals surface area contributed by atoms with Crippen molar-refractivity contribution in [2.75, 3.05) is 6.54 Å². The first-order valence-corrected chi connectivity index (χ1v) is 6.79. The van der Waals surface area contributed by atoms with Gasteiger partial charge < -0.3 is 5.32 Å². The maximum atomic E-state index is 11.7. The predicted molar refractivity (Wildman–Crippen MR) is 71.3 cm³/mol. The summed E-state index contributed by atoms with van der Waals surface area (Å²) in [5.41, 5.74) is 0. The molecule has 1 aromatic heterocycles. The van der Waals surface area contributed by atoms with E-state index in [1.807, 2.05) is 6.92 Å². The Morgan fingerprint density at radius 3 is 2.76 bits per heavy atom. The van der Waals surface area contributed by atoms with Gasteiger partial charge in [0.2, 0.25) is 5.91 Å². The Kier molecular flexibility index (Phi) is 5.88. The van der Waals surface area contributed by atoms with Crippen molar-refractivity contribution >= 4 is 28.8 Å².